The van der Waals surface area contributed by atoms with Crippen LogP contribution in [0.4, 0.5) is 0 Å². The summed E-state index contributed by atoms with van der Waals surface area (Å²) in [5, 5.41) is 11.3. The van der Waals surface area contributed by atoms with Gasteiger partial charge in [-0.3, -0.25) is 9.59 Å². The lowest BCUT2D eigenvalue weighted by molar-refractivity contribution is -0.605. The summed E-state index contributed by atoms with van der Waals surface area (Å²) < 4.78 is 10.7. The molecule has 0 bridgehead atoms. The molecule has 20 heavy (non-hydrogen) atoms. The minimum Gasteiger partial charge on any atom is -0.619 e. The van der Waals surface area contributed by atoms with E-state index in [0.717, 1.165) is 5.56 Å². The molecule has 0 amide bonds. The number of carbonyl (C=O) groups is 2. The molecule has 0 aliphatic heterocycles. The van der Waals surface area contributed by atoms with Gasteiger partial charge in [0.2, 0.25) is 0 Å². The maximum atomic E-state index is 12.2. The van der Waals surface area contributed by atoms with Crippen molar-refractivity contribution in [1.82, 2.24) is 0 Å². The quantitative estimate of drug-likeness (QED) is 0.348. The summed E-state index contributed by atoms with van der Waals surface area (Å²) >= 11 is 0. The summed E-state index contributed by atoms with van der Waals surface area (Å²) in [6.45, 7) is 3.75. The Morgan fingerprint density at radius 3 is 2.30 bits per heavy atom. The average Bonchev–Trinajstić information content (AvgIpc) is 2.79. The van der Waals surface area contributed by atoms with Gasteiger partial charge in [0, 0.05) is 24.5 Å². The van der Waals surface area contributed by atoms with Crippen molar-refractivity contribution in [3.63, 3.8) is 0 Å². The van der Waals surface area contributed by atoms with Crippen molar-refractivity contribution in [2.75, 3.05) is 13.2 Å². The van der Waals surface area contributed by atoms with E-state index in [1.807, 2.05) is 0 Å². The Morgan fingerprint density at radius 1 is 1.20 bits per heavy atom. The third-order valence-electron chi connectivity index (χ3n) is 3.43. The molecule has 1 heterocycles. The van der Waals surface area contributed by atoms with Crippen LogP contribution < -0.4 is 4.73 Å². The molecule has 6 heteroatoms. The number of ether oxygens (including phenoxy) is 2. The van der Waals surface area contributed by atoms with Crippen LogP contribution in [0.1, 0.15) is 25.0 Å². The Morgan fingerprint density at radius 2 is 1.75 bits per heavy atom. The van der Waals surface area contributed by atoms with E-state index in [2.05, 4.69) is 0 Å². The van der Waals surface area contributed by atoms with Crippen LogP contribution in [-0.4, -0.2) is 25.2 Å². The number of pyridine rings is 1. The molecule has 0 saturated carbocycles. The second-order valence-electron chi connectivity index (χ2n) is 4.73. The zero-order valence-corrected chi connectivity index (χ0v) is 11.5. The fourth-order valence-corrected chi connectivity index (χ4v) is 2.50. The van der Waals surface area contributed by atoms with Gasteiger partial charge in [-0.15, -0.1) is 0 Å². The maximum Gasteiger partial charge on any atom is 0.324 e. The zero-order valence-electron chi connectivity index (χ0n) is 11.5. The van der Waals surface area contributed by atoms with Crippen LogP contribution in [0.5, 0.6) is 0 Å². The van der Waals surface area contributed by atoms with E-state index in [1.165, 1.54) is 12.4 Å². The molecule has 0 unspecified atom stereocenters. The van der Waals surface area contributed by atoms with Crippen molar-refractivity contribution in [3.05, 3.63) is 34.8 Å². The minimum absolute atomic E-state index is 0.142. The molecule has 0 fully saturated rings. The highest BCUT2D eigenvalue weighted by molar-refractivity contribution is 6.01. The smallest absolute Gasteiger partial charge is 0.324 e. The van der Waals surface area contributed by atoms with Gasteiger partial charge in [0.15, 0.2) is 17.8 Å². The Balaban J connectivity index is 2.37. The fourth-order valence-electron chi connectivity index (χ4n) is 2.50. The predicted molar refractivity (Wildman–Crippen MR) is 68.5 cm³/mol. The molecule has 0 radical (unpaired) electrons. The molecule has 2 rings (SSSR count). The highest BCUT2D eigenvalue weighted by Gasteiger charge is 2.53. The van der Waals surface area contributed by atoms with Gasteiger partial charge in [-0.2, -0.15) is 4.73 Å². The SMILES string of the molecule is CCOC(=O)C1(C(=O)OCC)Cc2cc[n+]([O-])cc2C1. The van der Waals surface area contributed by atoms with Gasteiger partial charge < -0.3 is 14.7 Å². The number of rotatable bonds is 4. The Labute approximate surface area is 116 Å². The fraction of sp³-hybridized carbons (Fsp3) is 0.500. The van der Waals surface area contributed by atoms with Crippen LogP contribution in [0.25, 0.3) is 0 Å². The van der Waals surface area contributed by atoms with Crippen LogP contribution in [0.3, 0.4) is 0 Å². The van der Waals surface area contributed by atoms with Crippen molar-refractivity contribution >= 4 is 11.9 Å². The molecule has 6 nitrogen and oxygen atoms in total. The van der Waals surface area contributed by atoms with Gasteiger partial charge in [-0.1, -0.05) is 0 Å². The normalized spacial score (nSPS) is 15.5. The molecule has 0 spiro atoms. The van der Waals surface area contributed by atoms with Crippen LogP contribution in [0.2, 0.25) is 0 Å². The number of hydrogen-bond acceptors (Lipinski definition) is 5. The van der Waals surface area contributed by atoms with E-state index >= 15 is 0 Å². The first-order valence-electron chi connectivity index (χ1n) is 6.58. The van der Waals surface area contributed by atoms with E-state index < -0.39 is 17.4 Å². The summed E-state index contributed by atoms with van der Waals surface area (Å²) in [5.41, 5.74) is 0.129. The average molecular weight is 279 g/mol. The molecule has 108 valence electrons. The second kappa shape index (κ2) is 5.48. The lowest BCUT2D eigenvalue weighted by Crippen LogP contribution is -2.43. The monoisotopic (exact) mass is 279 g/mol. The Bertz CT molecular complexity index is 522. The van der Waals surface area contributed by atoms with Crippen molar-refractivity contribution in [2.45, 2.75) is 26.7 Å². The Kier molecular flexibility index (Phi) is 3.92. The molecule has 1 aromatic rings. The molecule has 1 aliphatic rings. The number of fused-ring (bicyclic) bond motifs is 1. The molecule has 0 N–H and O–H groups in total. The predicted octanol–water partition coefficient (Wildman–Crippen LogP) is 0.531. The highest BCUT2D eigenvalue weighted by atomic mass is 16.6. The summed E-state index contributed by atoms with van der Waals surface area (Å²) in [6, 6.07) is 1.63. The molecule has 0 saturated heterocycles. The van der Waals surface area contributed by atoms with Gasteiger partial charge in [0.05, 0.1) is 13.2 Å². The first kappa shape index (κ1) is 14.3. The Hall–Kier alpha value is -2.11. The molecular weight excluding hydrogens is 262 g/mol. The van der Waals surface area contributed by atoms with Crippen LogP contribution >= 0.6 is 0 Å². The number of aromatic nitrogens is 1. The third kappa shape index (κ3) is 2.33. The van der Waals surface area contributed by atoms with Crippen molar-refractivity contribution in [1.29, 1.82) is 0 Å². The van der Waals surface area contributed by atoms with E-state index in [-0.39, 0.29) is 26.1 Å². The third-order valence-corrected chi connectivity index (χ3v) is 3.43. The summed E-state index contributed by atoms with van der Waals surface area (Å²) in [4.78, 5) is 24.5. The van der Waals surface area contributed by atoms with Crippen molar-refractivity contribution in [2.24, 2.45) is 5.41 Å². The molecule has 0 atom stereocenters. The molecule has 1 aliphatic carbocycles. The second-order valence-corrected chi connectivity index (χ2v) is 4.73. The maximum absolute atomic E-state index is 12.2. The summed E-state index contributed by atoms with van der Waals surface area (Å²) in [7, 11) is 0. The van der Waals surface area contributed by atoms with E-state index in [4.69, 9.17) is 9.47 Å². The van der Waals surface area contributed by atoms with Gasteiger partial charge in [0.1, 0.15) is 0 Å². The number of nitrogens with zero attached hydrogens (tertiary/aromatic N) is 1. The molecule has 1 aromatic heterocycles. The first-order chi connectivity index (χ1) is 9.53. The minimum atomic E-state index is -1.36. The summed E-state index contributed by atoms with van der Waals surface area (Å²) in [5.74, 6) is -1.18. The van der Waals surface area contributed by atoms with E-state index in [1.54, 1.807) is 19.9 Å². The lowest BCUT2D eigenvalue weighted by Gasteiger charge is -2.23. The van der Waals surface area contributed by atoms with Crippen molar-refractivity contribution < 1.29 is 23.8 Å². The lowest BCUT2D eigenvalue weighted by atomic mass is 9.85. The van der Waals surface area contributed by atoms with E-state index in [0.29, 0.717) is 10.3 Å². The van der Waals surface area contributed by atoms with Gasteiger partial charge in [-0.05, 0) is 19.4 Å². The summed E-state index contributed by atoms with van der Waals surface area (Å²) in [6.07, 6.45) is 3.09. The van der Waals surface area contributed by atoms with Crippen LogP contribution in [0.15, 0.2) is 18.5 Å². The highest BCUT2D eigenvalue weighted by Crippen LogP contribution is 2.38. The number of hydrogen-bond donors (Lipinski definition) is 0. The number of carbonyl (C=O) groups excluding carboxylic acids is 2. The zero-order chi connectivity index (χ0) is 14.8. The van der Waals surface area contributed by atoms with Crippen LogP contribution in [-0.2, 0) is 31.9 Å². The largest absolute Gasteiger partial charge is 0.619 e. The molecular formula is C14H17NO5. The first-order valence-corrected chi connectivity index (χ1v) is 6.58. The van der Waals surface area contributed by atoms with Crippen molar-refractivity contribution in [3.8, 4) is 0 Å². The van der Waals surface area contributed by atoms with Gasteiger partial charge >= 0.3 is 11.9 Å². The topological polar surface area (TPSA) is 79.5 Å². The van der Waals surface area contributed by atoms with E-state index in [9.17, 15) is 14.8 Å². The van der Waals surface area contributed by atoms with Gasteiger partial charge in [0.25, 0.3) is 0 Å². The van der Waals surface area contributed by atoms with Gasteiger partial charge in [-0.25, -0.2) is 0 Å². The van der Waals surface area contributed by atoms with Crippen LogP contribution in [0, 0.1) is 10.6 Å². The number of esters is 2. The standard InChI is InChI=1S/C14H17NO5/c1-3-19-12(16)14(13(17)20-4-2)7-10-5-6-15(18)9-11(10)8-14/h5-6,9H,3-4,7-8H2,1-2H3. The molecule has 0 aromatic carbocycles.